The Labute approximate surface area is 57.4 Å². The zero-order valence-corrected chi connectivity index (χ0v) is 5.16. The van der Waals surface area contributed by atoms with Crippen molar-refractivity contribution in [3.8, 4) is 0 Å². The summed E-state index contributed by atoms with van der Waals surface area (Å²) in [5.41, 5.74) is 2.91. The van der Waals surface area contributed by atoms with E-state index in [-0.39, 0.29) is 5.91 Å². The molecule has 10 heavy (non-hydrogen) atoms. The molecular formula is C5H6N4O. The Bertz CT molecular complexity index is 232. The highest BCUT2D eigenvalue weighted by Gasteiger charge is 2.19. The van der Waals surface area contributed by atoms with E-state index < -0.39 is 0 Å². The summed E-state index contributed by atoms with van der Waals surface area (Å²) >= 11 is 0. The first-order valence-corrected chi connectivity index (χ1v) is 2.92. The van der Waals surface area contributed by atoms with E-state index in [1.165, 1.54) is 6.08 Å². The SMILES string of the molecule is O=C1C=CN2NCN=C2N1. The van der Waals surface area contributed by atoms with E-state index in [0.717, 1.165) is 0 Å². The maximum atomic E-state index is 10.7. The number of guanidine groups is 1. The topological polar surface area (TPSA) is 56.7 Å². The molecule has 0 spiro atoms. The summed E-state index contributed by atoms with van der Waals surface area (Å²) in [6.45, 7) is 0.528. The van der Waals surface area contributed by atoms with E-state index in [1.807, 2.05) is 0 Å². The molecule has 0 radical (unpaired) electrons. The van der Waals surface area contributed by atoms with Crippen LogP contribution in [0.15, 0.2) is 17.3 Å². The van der Waals surface area contributed by atoms with Crippen molar-refractivity contribution >= 4 is 11.9 Å². The molecule has 2 aliphatic rings. The number of carbonyl (C=O) groups is 1. The van der Waals surface area contributed by atoms with Gasteiger partial charge < -0.3 is 0 Å². The third-order valence-corrected chi connectivity index (χ3v) is 1.31. The predicted octanol–water partition coefficient (Wildman–Crippen LogP) is -1.24. The van der Waals surface area contributed by atoms with Gasteiger partial charge in [-0.05, 0) is 0 Å². The third kappa shape index (κ3) is 0.679. The molecule has 0 saturated heterocycles. The number of amides is 1. The lowest BCUT2D eigenvalue weighted by Crippen LogP contribution is -2.45. The molecule has 0 atom stereocenters. The number of aliphatic imine (C=N–C) groups is 1. The van der Waals surface area contributed by atoms with Gasteiger partial charge in [-0.1, -0.05) is 0 Å². The van der Waals surface area contributed by atoms with Crippen LogP contribution in [0.2, 0.25) is 0 Å². The highest BCUT2D eigenvalue weighted by atomic mass is 16.2. The molecule has 2 rings (SSSR count). The van der Waals surface area contributed by atoms with E-state index in [1.54, 1.807) is 11.2 Å². The van der Waals surface area contributed by atoms with Crippen LogP contribution in [0.5, 0.6) is 0 Å². The van der Waals surface area contributed by atoms with Crippen LogP contribution in [0.4, 0.5) is 0 Å². The second-order valence-corrected chi connectivity index (χ2v) is 1.97. The average molecular weight is 138 g/mol. The first-order chi connectivity index (χ1) is 4.86. The van der Waals surface area contributed by atoms with Gasteiger partial charge in [0.2, 0.25) is 5.96 Å². The largest absolute Gasteiger partial charge is 0.291 e. The van der Waals surface area contributed by atoms with E-state index >= 15 is 0 Å². The zero-order valence-electron chi connectivity index (χ0n) is 5.16. The summed E-state index contributed by atoms with van der Waals surface area (Å²) in [6.07, 6.45) is 3.09. The van der Waals surface area contributed by atoms with Crippen molar-refractivity contribution in [3.05, 3.63) is 12.3 Å². The van der Waals surface area contributed by atoms with Crippen LogP contribution in [0.3, 0.4) is 0 Å². The minimum Gasteiger partial charge on any atom is -0.291 e. The number of nitrogens with one attached hydrogen (secondary N) is 2. The number of fused-ring (bicyclic) bond motifs is 1. The van der Waals surface area contributed by atoms with Crippen molar-refractivity contribution < 1.29 is 4.79 Å². The molecule has 52 valence electrons. The lowest BCUT2D eigenvalue weighted by atomic mass is 10.5. The molecule has 0 aromatic carbocycles. The zero-order chi connectivity index (χ0) is 6.97. The predicted molar refractivity (Wildman–Crippen MR) is 34.6 cm³/mol. The third-order valence-electron chi connectivity index (χ3n) is 1.31. The van der Waals surface area contributed by atoms with Crippen molar-refractivity contribution in [2.75, 3.05) is 6.67 Å². The Morgan fingerprint density at radius 1 is 1.70 bits per heavy atom. The first-order valence-electron chi connectivity index (χ1n) is 2.92. The molecule has 2 aliphatic heterocycles. The van der Waals surface area contributed by atoms with E-state index in [0.29, 0.717) is 12.6 Å². The van der Waals surface area contributed by atoms with Crippen molar-refractivity contribution in [1.29, 1.82) is 0 Å². The minimum absolute atomic E-state index is 0.126. The fourth-order valence-corrected chi connectivity index (χ4v) is 0.855. The van der Waals surface area contributed by atoms with E-state index in [4.69, 9.17) is 0 Å². The van der Waals surface area contributed by atoms with Crippen molar-refractivity contribution in [1.82, 2.24) is 15.8 Å². The van der Waals surface area contributed by atoms with Crippen LogP contribution < -0.4 is 10.7 Å². The van der Waals surface area contributed by atoms with Gasteiger partial charge in [0.1, 0.15) is 6.67 Å². The van der Waals surface area contributed by atoms with Crippen LogP contribution in [0.1, 0.15) is 0 Å². The normalized spacial score (nSPS) is 22.2. The molecular weight excluding hydrogens is 132 g/mol. The molecule has 5 heteroatoms. The van der Waals surface area contributed by atoms with Gasteiger partial charge in [-0.3, -0.25) is 15.1 Å². The summed E-state index contributed by atoms with van der Waals surface area (Å²) in [5, 5.41) is 4.23. The molecule has 2 N–H and O–H groups in total. The number of hydrogen-bond acceptors (Lipinski definition) is 4. The maximum absolute atomic E-state index is 10.7. The van der Waals surface area contributed by atoms with E-state index in [2.05, 4.69) is 15.7 Å². The van der Waals surface area contributed by atoms with Gasteiger partial charge >= 0.3 is 0 Å². The van der Waals surface area contributed by atoms with Crippen LogP contribution in [-0.2, 0) is 4.79 Å². The second-order valence-electron chi connectivity index (χ2n) is 1.97. The Balaban J connectivity index is 2.29. The number of rotatable bonds is 0. The smallest absolute Gasteiger partial charge is 0.252 e. The van der Waals surface area contributed by atoms with Gasteiger partial charge in [0, 0.05) is 12.3 Å². The summed E-state index contributed by atoms with van der Waals surface area (Å²) in [5.74, 6) is 0.450. The first kappa shape index (κ1) is 5.43. The Morgan fingerprint density at radius 2 is 2.60 bits per heavy atom. The van der Waals surface area contributed by atoms with Crippen molar-refractivity contribution in [2.45, 2.75) is 0 Å². The van der Waals surface area contributed by atoms with Crippen LogP contribution >= 0.6 is 0 Å². The van der Waals surface area contributed by atoms with Gasteiger partial charge in [-0.15, -0.1) is 0 Å². The molecule has 2 heterocycles. The van der Waals surface area contributed by atoms with Crippen molar-refractivity contribution in [3.63, 3.8) is 0 Å². The minimum atomic E-state index is -0.126. The molecule has 0 aliphatic carbocycles. The monoisotopic (exact) mass is 138 g/mol. The fourth-order valence-electron chi connectivity index (χ4n) is 0.855. The number of carbonyl (C=O) groups excluding carboxylic acids is 1. The lowest BCUT2D eigenvalue weighted by molar-refractivity contribution is -0.115. The molecule has 1 amide bonds. The maximum Gasteiger partial charge on any atom is 0.252 e. The quantitative estimate of drug-likeness (QED) is 0.440. The molecule has 0 aromatic rings. The number of hydrogen-bond donors (Lipinski definition) is 2. The number of hydrazine groups is 1. The summed E-state index contributed by atoms with van der Waals surface area (Å²) in [7, 11) is 0. The second kappa shape index (κ2) is 1.81. The number of nitrogens with zero attached hydrogens (tertiary/aromatic N) is 2. The van der Waals surface area contributed by atoms with Crippen LogP contribution in [0.25, 0.3) is 0 Å². The highest BCUT2D eigenvalue weighted by Crippen LogP contribution is 1.98. The van der Waals surface area contributed by atoms with Gasteiger partial charge in [-0.2, -0.15) is 0 Å². The lowest BCUT2D eigenvalue weighted by Gasteiger charge is -2.18. The summed E-state index contributed by atoms with van der Waals surface area (Å²) < 4.78 is 0. The van der Waals surface area contributed by atoms with Gasteiger partial charge in [0.05, 0.1) is 0 Å². The Morgan fingerprint density at radius 3 is 3.50 bits per heavy atom. The molecule has 5 nitrogen and oxygen atoms in total. The van der Waals surface area contributed by atoms with Crippen LogP contribution in [0, 0.1) is 0 Å². The van der Waals surface area contributed by atoms with Crippen molar-refractivity contribution in [2.24, 2.45) is 4.99 Å². The molecule has 0 bridgehead atoms. The molecule has 0 aromatic heterocycles. The molecule has 0 saturated carbocycles. The van der Waals surface area contributed by atoms with Gasteiger partial charge in [0.25, 0.3) is 5.91 Å². The van der Waals surface area contributed by atoms with Gasteiger partial charge in [0.15, 0.2) is 0 Å². The average Bonchev–Trinajstić information content (AvgIpc) is 2.33. The Kier molecular flexibility index (Phi) is 0.983. The van der Waals surface area contributed by atoms with Gasteiger partial charge in [-0.25, -0.2) is 10.4 Å². The molecule has 0 unspecified atom stereocenters. The Hall–Kier alpha value is -1.36. The van der Waals surface area contributed by atoms with E-state index in [9.17, 15) is 4.79 Å². The fraction of sp³-hybridized carbons (Fsp3) is 0.200. The molecule has 0 fully saturated rings. The standard InChI is InChI=1S/C5H6N4O/c10-4-1-2-9-5(8-4)6-3-7-9/h1-2,7H,3H2,(H,6,8,10). The van der Waals surface area contributed by atoms with Crippen LogP contribution in [-0.4, -0.2) is 23.5 Å². The summed E-state index contributed by atoms with van der Waals surface area (Å²) in [6, 6.07) is 0. The highest BCUT2D eigenvalue weighted by molar-refractivity contribution is 6.05. The summed E-state index contributed by atoms with van der Waals surface area (Å²) in [4.78, 5) is 14.6.